The number of hydrogen-bond acceptors (Lipinski definition) is 5. The number of benzene rings is 1. The van der Waals surface area contributed by atoms with Crippen LogP contribution in [0.3, 0.4) is 0 Å². The number of nitrogens with one attached hydrogen (secondary N) is 1. The molecule has 3 aromatic rings. The van der Waals surface area contributed by atoms with E-state index in [4.69, 9.17) is 10.7 Å². The minimum Gasteiger partial charge on any atom is -0.508 e. The second-order valence-electron chi connectivity index (χ2n) is 10.3. The molecule has 0 saturated heterocycles. The maximum Gasteiger partial charge on any atom is 0.135 e. The largest absolute Gasteiger partial charge is 0.508 e. The summed E-state index contributed by atoms with van der Waals surface area (Å²) in [6, 6.07) is 9.52. The van der Waals surface area contributed by atoms with Crippen molar-refractivity contribution in [2.75, 3.05) is 5.32 Å². The zero-order chi connectivity index (χ0) is 22.7. The average molecular weight is 446 g/mol. The van der Waals surface area contributed by atoms with Gasteiger partial charge in [0.25, 0.3) is 0 Å². The van der Waals surface area contributed by atoms with Crippen molar-refractivity contribution in [2.24, 2.45) is 28.5 Å². The molecule has 33 heavy (non-hydrogen) atoms. The van der Waals surface area contributed by atoms with Gasteiger partial charge < -0.3 is 21.3 Å². The number of aromatic nitrogens is 2. The topological polar surface area (TPSA) is 108 Å². The Balaban J connectivity index is 1.40. The number of aryl methyl sites for hydroxylation is 1. The third kappa shape index (κ3) is 3.46. The number of fused-ring (bicyclic) bond motifs is 1. The van der Waals surface area contributed by atoms with Crippen molar-refractivity contribution in [1.29, 1.82) is 0 Å². The molecule has 7 heteroatoms. The summed E-state index contributed by atoms with van der Waals surface area (Å²) < 4.78 is 1.86. The van der Waals surface area contributed by atoms with Crippen LogP contribution < -0.4 is 11.1 Å². The van der Waals surface area contributed by atoms with Crippen molar-refractivity contribution in [2.45, 2.75) is 57.1 Å². The third-order valence-electron chi connectivity index (χ3n) is 8.08. The van der Waals surface area contributed by atoms with Crippen molar-refractivity contribution in [3.63, 3.8) is 0 Å². The maximum absolute atomic E-state index is 11.0. The standard InChI is InChI=1S/C26H31N5O2/c1-2-16-10-19(32)5-6-21(16)29-25(27)20-14-28-31-7-3-4-22(31)24(20)30-23-17-8-15-9-18(23)13-26(33,11-15)12-17/h3-7,10,14-15,17-18,23,30,32-33H,2,8-9,11-13H2,1H3,(H2,27,29). The molecule has 7 nitrogen and oxygen atoms in total. The highest BCUT2D eigenvalue weighted by atomic mass is 16.3. The molecule has 2 aromatic heterocycles. The summed E-state index contributed by atoms with van der Waals surface area (Å²) >= 11 is 0. The zero-order valence-corrected chi connectivity index (χ0v) is 18.9. The molecule has 4 aliphatic rings. The molecule has 0 radical (unpaired) electrons. The van der Waals surface area contributed by atoms with Crippen molar-refractivity contribution < 1.29 is 10.2 Å². The summed E-state index contributed by atoms with van der Waals surface area (Å²) in [5, 5.41) is 29.3. The lowest BCUT2D eigenvalue weighted by Gasteiger charge is -2.58. The van der Waals surface area contributed by atoms with E-state index in [0.29, 0.717) is 29.6 Å². The first-order chi connectivity index (χ1) is 15.9. The monoisotopic (exact) mass is 445 g/mol. The van der Waals surface area contributed by atoms with Gasteiger partial charge >= 0.3 is 0 Å². The van der Waals surface area contributed by atoms with Gasteiger partial charge in [-0.05, 0) is 92.2 Å². The molecule has 2 heterocycles. The van der Waals surface area contributed by atoms with Gasteiger partial charge in [0.15, 0.2) is 0 Å². The summed E-state index contributed by atoms with van der Waals surface area (Å²) in [6.07, 6.45) is 9.57. The number of aliphatic hydroxyl groups is 1. The van der Waals surface area contributed by atoms with E-state index in [9.17, 15) is 10.2 Å². The quantitative estimate of drug-likeness (QED) is 0.351. The van der Waals surface area contributed by atoms with Crippen LogP contribution in [0.4, 0.5) is 11.4 Å². The Morgan fingerprint density at radius 2 is 2.03 bits per heavy atom. The number of nitrogens with zero attached hydrogens (tertiary/aromatic N) is 3. The lowest BCUT2D eigenvalue weighted by Crippen LogP contribution is -2.59. The molecule has 4 bridgehead atoms. The molecule has 0 spiro atoms. The van der Waals surface area contributed by atoms with Crippen LogP contribution in [0.25, 0.3) is 5.52 Å². The third-order valence-corrected chi connectivity index (χ3v) is 8.08. The predicted molar refractivity (Wildman–Crippen MR) is 129 cm³/mol. The van der Waals surface area contributed by atoms with E-state index >= 15 is 0 Å². The van der Waals surface area contributed by atoms with E-state index in [1.807, 2.05) is 29.8 Å². The van der Waals surface area contributed by atoms with E-state index in [1.54, 1.807) is 24.4 Å². The smallest absolute Gasteiger partial charge is 0.135 e. The highest BCUT2D eigenvalue weighted by molar-refractivity contribution is 6.06. The minimum absolute atomic E-state index is 0.228. The Morgan fingerprint density at radius 1 is 1.24 bits per heavy atom. The molecular weight excluding hydrogens is 414 g/mol. The number of aromatic hydroxyl groups is 1. The fraction of sp³-hybridized carbons (Fsp3) is 0.462. The van der Waals surface area contributed by atoms with Crippen LogP contribution in [0.5, 0.6) is 5.75 Å². The van der Waals surface area contributed by atoms with Gasteiger partial charge in [-0.2, -0.15) is 5.10 Å². The number of phenols is 1. The molecule has 0 amide bonds. The van der Waals surface area contributed by atoms with Crippen LogP contribution in [0.15, 0.2) is 47.7 Å². The first kappa shape index (κ1) is 20.5. The van der Waals surface area contributed by atoms with Crippen LogP contribution in [0.1, 0.15) is 50.2 Å². The molecular formula is C26H31N5O2. The van der Waals surface area contributed by atoms with Crippen molar-refractivity contribution >= 4 is 22.7 Å². The van der Waals surface area contributed by atoms with Crippen LogP contribution in [0.2, 0.25) is 0 Å². The molecule has 4 saturated carbocycles. The number of aliphatic imine (C=N–C) groups is 1. The molecule has 1 aromatic carbocycles. The SMILES string of the molecule is CCc1cc(O)ccc1/N=C(\N)c1cnn2cccc2c1NC1C2CC3CC1CC(O)(C3)C2. The number of amidine groups is 1. The molecule has 7 rings (SSSR count). The lowest BCUT2D eigenvalue weighted by atomic mass is 9.52. The Bertz CT molecular complexity index is 1230. The number of anilines is 1. The fourth-order valence-electron chi connectivity index (χ4n) is 6.88. The van der Waals surface area contributed by atoms with Gasteiger partial charge in [-0.25, -0.2) is 9.51 Å². The van der Waals surface area contributed by atoms with Crippen LogP contribution in [-0.2, 0) is 6.42 Å². The highest BCUT2D eigenvalue weighted by Crippen LogP contribution is 2.56. The van der Waals surface area contributed by atoms with Crippen LogP contribution in [-0.4, -0.2) is 37.3 Å². The second-order valence-corrected chi connectivity index (χ2v) is 10.3. The molecule has 2 unspecified atom stereocenters. The van der Waals surface area contributed by atoms with Gasteiger partial charge in [-0.1, -0.05) is 6.92 Å². The minimum atomic E-state index is -0.462. The number of rotatable bonds is 5. The van der Waals surface area contributed by atoms with Crippen molar-refractivity contribution in [1.82, 2.24) is 9.61 Å². The summed E-state index contributed by atoms with van der Waals surface area (Å²) in [5.74, 6) is 2.23. The van der Waals surface area contributed by atoms with E-state index in [0.717, 1.165) is 53.7 Å². The van der Waals surface area contributed by atoms with E-state index < -0.39 is 5.60 Å². The van der Waals surface area contributed by atoms with Gasteiger partial charge in [0, 0.05) is 12.2 Å². The molecule has 5 N–H and O–H groups in total. The van der Waals surface area contributed by atoms with Gasteiger partial charge in [0.05, 0.1) is 34.3 Å². The first-order valence-corrected chi connectivity index (χ1v) is 12.0. The molecule has 0 aliphatic heterocycles. The fourth-order valence-corrected chi connectivity index (χ4v) is 6.88. The van der Waals surface area contributed by atoms with Gasteiger partial charge in [0.2, 0.25) is 0 Å². The van der Waals surface area contributed by atoms with Gasteiger partial charge in [-0.3, -0.25) is 0 Å². The second kappa shape index (κ2) is 7.48. The maximum atomic E-state index is 11.0. The molecule has 172 valence electrons. The van der Waals surface area contributed by atoms with E-state index in [-0.39, 0.29) is 5.75 Å². The predicted octanol–water partition coefficient (Wildman–Crippen LogP) is 3.99. The first-order valence-electron chi connectivity index (χ1n) is 12.0. The average Bonchev–Trinajstić information content (AvgIpc) is 3.25. The van der Waals surface area contributed by atoms with Gasteiger partial charge in [0.1, 0.15) is 11.6 Å². The van der Waals surface area contributed by atoms with Crippen molar-refractivity contribution in [3.05, 3.63) is 53.9 Å². The number of phenolic OH excluding ortho intramolecular Hbond substituents is 1. The van der Waals surface area contributed by atoms with Crippen molar-refractivity contribution in [3.8, 4) is 5.75 Å². The Labute approximate surface area is 193 Å². The van der Waals surface area contributed by atoms with Crippen LogP contribution in [0, 0.1) is 17.8 Å². The number of nitrogens with two attached hydrogens (primary N) is 1. The van der Waals surface area contributed by atoms with Crippen LogP contribution >= 0.6 is 0 Å². The summed E-state index contributed by atoms with van der Waals surface area (Å²) in [5.41, 5.74) is 10.5. The zero-order valence-electron chi connectivity index (χ0n) is 18.9. The Morgan fingerprint density at radius 3 is 2.76 bits per heavy atom. The number of hydrogen-bond donors (Lipinski definition) is 4. The highest BCUT2D eigenvalue weighted by Gasteiger charge is 2.54. The summed E-state index contributed by atoms with van der Waals surface area (Å²) in [7, 11) is 0. The normalized spacial score (nSPS) is 30.8. The van der Waals surface area contributed by atoms with Gasteiger partial charge in [-0.15, -0.1) is 0 Å². The summed E-state index contributed by atoms with van der Waals surface area (Å²) in [4.78, 5) is 4.74. The molecule has 2 atom stereocenters. The molecule has 4 aliphatic carbocycles. The Hall–Kier alpha value is -3.06. The van der Waals surface area contributed by atoms with E-state index in [2.05, 4.69) is 10.4 Å². The summed E-state index contributed by atoms with van der Waals surface area (Å²) in [6.45, 7) is 2.03. The Kier molecular flexibility index (Phi) is 4.66. The lowest BCUT2D eigenvalue weighted by molar-refractivity contribution is -0.129. The van der Waals surface area contributed by atoms with E-state index in [1.165, 1.54) is 12.8 Å². The molecule has 4 fully saturated rings.